The minimum absolute atomic E-state index is 0.432. The van der Waals surface area contributed by atoms with Crippen LogP contribution in [0.25, 0.3) is 71.0 Å². The van der Waals surface area contributed by atoms with Gasteiger partial charge in [-0.3, -0.25) is 0 Å². The predicted molar refractivity (Wildman–Crippen MR) is 178 cm³/mol. The number of nitrogens with zero attached hydrogens (tertiary/aromatic N) is 4. The lowest BCUT2D eigenvalue weighted by atomic mass is 10.0. The van der Waals surface area contributed by atoms with Crippen LogP contribution in [-0.2, 0) is 0 Å². The highest BCUT2D eigenvalue weighted by Crippen LogP contribution is 2.41. The molecule has 5 nitrogen and oxygen atoms in total. The molecule has 0 unspecified atom stereocenters. The Kier molecular flexibility index (Phi) is 5.72. The Hall–Kier alpha value is -6.30. The Balaban J connectivity index is 1.41. The number of benzene rings is 6. The third-order valence-electron chi connectivity index (χ3n) is 8.47. The summed E-state index contributed by atoms with van der Waals surface area (Å²) in [6.07, 6.45) is 0. The van der Waals surface area contributed by atoms with Crippen LogP contribution in [0.2, 0.25) is 0 Å². The molecule has 0 aliphatic heterocycles. The van der Waals surface area contributed by atoms with Gasteiger partial charge in [-0.1, -0.05) is 66.7 Å². The van der Waals surface area contributed by atoms with Crippen LogP contribution in [0.4, 0.5) is 5.69 Å². The highest BCUT2D eigenvalue weighted by molar-refractivity contribution is 6.13. The smallest absolute Gasteiger partial charge is 0.211 e. The average molecular weight is 565 g/mol. The van der Waals surface area contributed by atoms with Crippen molar-refractivity contribution in [3.05, 3.63) is 144 Å². The van der Waals surface area contributed by atoms with E-state index in [1.54, 1.807) is 25.3 Å². The predicted octanol–water partition coefficient (Wildman–Crippen LogP) is 9.98. The SMILES string of the molecule is [C-]#[N+]c1cccc(C#N)c1-n1c2ccc(OC)cc2c2cc(-c3ccc4c5ccccc5n(-c5ccccc5)c4c3)ccc21. The minimum Gasteiger partial charge on any atom is -0.497 e. The highest BCUT2D eigenvalue weighted by Gasteiger charge is 2.20. The molecule has 0 amide bonds. The van der Waals surface area contributed by atoms with Crippen LogP contribution in [0.1, 0.15) is 5.56 Å². The fourth-order valence-electron chi connectivity index (χ4n) is 6.50. The quantitative estimate of drug-likeness (QED) is 0.200. The van der Waals surface area contributed by atoms with Gasteiger partial charge in [-0.15, -0.1) is 0 Å². The van der Waals surface area contributed by atoms with Crippen molar-refractivity contribution in [3.63, 3.8) is 0 Å². The molecule has 0 aliphatic carbocycles. The molecule has 0 N–H and O–H groups in total. The third kappa shape index (κ3) is 3.71. The summed E-state index contributed by atoms with van der Waals surface area (Å²) in [6, 6.07) is 45.6. The fourth-order valence-corrected chi connectivity index (χ4v) is 6.50. The highest BCUT2D eigenvalue weighted by atomic mass is 16.5. The molecule has 0 bridgehead atoms. The molecule has 0 saturated carbocycles. The van der Waals surface area contributed by atoms with Gasteiger partial charge in [0.1, 0.15) is 5.75 Å². The van der Waals surface area contributed by atoms with Gasteiger partial charge in [-0.25, -0.2) is 4.85 Å². The number of ether oxygens (including phenoxy) is 1. The van der Waals surface area contributed by atoms with Crippen LogP contribution in [0.15, 0.2) is 127 Å². The number of rotatable bonds is 4. The van der Waals surface area contributed by atoms with Crippen LogP contribution < -0.4 is 4.74 Å². The first kappa shape index (κ1) is 25.4. The van der Waals surface area contributed by atoms with Gasteiger partial charge in [-0.05, 0) is 71.8 Å². The first-order chi connectivity index (χ1) is 21.7. The molecule has 0 fully saturated rings. The lowest BCUT2D eigenvalue weighted by Gasteiger charge is -2.12. The summed E-state index contributed by atoms with van der Waals surface area (Å²) in [6.45, 7) is 7.85. The molecule has 8 aromatic rings. The molecule has 2 heterocycles. The largest absolute Gasteiger partial charge is 0.497 e. The van der Waals surface area contributed by atoms with Crippen LogP contribution in [-0.4, -0.2) is 16.2 Å². The molecule has 206 valence electrons. The standard InChI is InChI=1S/C39H24N4O/c1-41-34-13-8-9-27(24-40)39(34)43-36-19-16-25(21-32(36)33-23-29(44-2)17-20-37(33)43)26-15-18-31-30-12-6-7-14-35(30)42(38(31)22-26)28-10-4-3-5-11-28/h3-23H,2H3. The Labute approximate surface area is 253 Å². The lowest BCUT2D eigenvalue weighted by molar-refractivity contribution is 0.415. The molecule has 0 aliphatic rings. The number of hydrogen-bond acceptors (Lipinski definition) is 2. The zero-order chi connectivity index (χ0) is 29.8. The van der Waals surface area contributed by atoms with Crippen molar-refractivity contribution in [2.24, 2.45) is 0 Å². The number of para-hydroxylation sites is 3. The van der Waals surface area contributed by atoms with Crippen LogP contribution >= 0.6 is 0 Å². The van der Waals surface area contributed by atoms with Gasteiger partial charge in [-0.2, -0.15) is 5.26 Å². The minimum atomic E-state index is 0.432. The van der Waals surface area contributed by atoms with Crippen molar-refractivity contribution >= 4 is 49.3 Å². The van der Waals surface area contributed by atoms with Gasteiger partial charge in [0.15, 0.2) is 0 Å². The van der Waals surface area contributed by atoms with E-state index in [1.165, 1.54) is 16.3 Å². The Morgan fingerprint density at radius 2 is 1.30 bits per heavy atom. The summed E-state index contributed by atoms with van der Waals surface area (Å²) < 4.78 is 9.98. The zero-order valence-corrected chi connectivity index (χ0v) is 23.8. The normalized spacial score (nSPS) is 11.2. The Morgan fingerprint density at radius 1 is 0.614 bits per heavy atom. The van der Waals surface area contributed by atoms with E-state index >= 15 is 0 Å². The van der Waals surface area contributed by atoms with Crippen molar-refractivity contribution in [2.45, 2.75) is 0 Å². The van der Waals surface area contributed by atoms with E-state index in [0.717, 1.165) is 49.9 Å². The first-order valence-corrected chi connectivity index (χ1v) is 14.3. The van der Waals surface area contributed by atoms with Gasteiger partial charge in [0.05, 0.1) is 53.1 Å². The molecular formula is C39H24N4O. The molecule has 0 spiro atoms. The Morgan fingerprint density at radius 3 is 2.09 bits per heavy atom. The molecule has 0 saturated heterocycles. The topological polar surface area (TPSA) is 47.2 Å². The second kappa shape index (κ2) is 9.91. The molecule has 6 aromatic carbocycles. The lowest BCUT2D eigenvalue weighted by Crippen LogP contribution is -1.98. The average Bonchev–Trinajstić information content (AvgIpc) is 3.59. The zero-order valence-electron chi connectivity index (χ0n) is 23.8. The number of nitriles is 1. The van der Waals surface area contributed by atoms with Gasteiger partial charge >= 0.3 is 0 Å². The van der Waals surface area contributed by atoms with Crippen molar-refractivity contribution in [2.75, 3.05) is 7.11 Å². The van der Waals surface area contributed by atoms with Gasteiger partial charge in [0.2, 0.25) is 5.69 Å². The van der Waals surface area contributed by atoms with Gasteiger partial charge < -0.3 is 13.9 Å². The number of hydrogen-bond donors (Lipinski definition) is 0. The van der Waals surface area contributed by atoms with Gasteiger partial charge in [0, 0.05) is 27.2 Å². The summed E-state index contributed by atoms with van der Waals surface area (Å²) in [5, 5.41) is 14.4. The van der Waals surface area contributed by atoms with Crippen molar-refractivity contribution in [3.8, 4) is 34.3 Å². The second-order valence-corrected chi connectivity index (χ2v) is 10.8. The first-order valence-electron chi connectivity index (χ1n) is 14.3. The van der Waals surface area contributed by atoms with E-state index in [9.17, 15) is 5.26 Å². The summed E-state index contributed by atoms with van der Waals surface area (Å²) in [5.41, 5.74) is 8.91. The van der Waals surface area contributed by atoms with E-state index in [-0.39, 0.29) is 0 Å². The van der Waals surface area contributed by atoms with Gasteiger partial charge in [0.25, 0.3) is 0 Å². The molecule has 0 atom stereocenters. The van der Waals surface area contributed by atoms with Crippen LogP contribution in [0, 0.1) is 17.9 Å². The van der Waals surface area contributed by atoms with E-state index in [4.69, 9.17) is 11.3 Å². The molecular weight excluding hydrogens is 540 g/mol. The summed E-state index contributed by atoms with van der Waals surface area (Å²) >= 11 is 0. The summed E-state index contributed by atoms with van der Waals surface area (Å²) in [7, 11) is 1.66. The van der Waals surface area contributed by atoms with Crippen molar-refractivity contribution in [1.82, 2.24) is 9.13 Å². The number of methoxy groups -OCH3 is 1. The van der Waals surface area contributed by atoms with Crippen LogP contribution in [0.5, 0.6) is 5.75 Å². The summed E-state index contributed by atoms with van der Waals surface area (Å²) in [5.74, 6) is 0.745. The number of fused-ring (bicyclic) bond motifs is 6. The van der Waals surface area contributed by atoms with Crippen molar-refractivity contribution in [1.29, 1.82) is 5.26 Å². The van der Waals surface area contributed by atoms with E-state index in [0.29, 0.717) is 16.9 Å². The van der Waals surface area contributed by atoms with Crippen molar-refractivity contribution < 1.29 is 4.74 Å². The second-order valence-electron chi connectivity index (χ2n) is 10.8. The molecule has 0 radical (unpaired) electrons. The maximum Gasteiger partial charge on any atom is 0.211 e. The van der Waals surface area contributed by atoms with Crippen LogP contribution in [0.3, 0.4) is 0 Å². The number of aromatic nitrogens is 2. The monoisotopic (exact) mass is 564 g/mol. The third-order valence-corrected chi connectivity index (χ3v) is 8.47. The summed E-state index contributed by atoms with van der Waals surface area (Å²) in [4.78, 5) is 3.78. The molecule has 2 aromatic heterocycles. The molecule has 44 heavy (non-hydrogen) atoms. The fraction of sp³-hybridized carbons (Fsp3) is 0.0256. The van der Waals surface area contributed by atoms with E-state index in [2.05, 4.69) is 100 Å². The van der Waals surface area contributed by atoms with E-state index < -0.39 is 0 Å². The maximum absolute atomic E-state index is 10.0. The molecule has 5 heteroatoms. The maximum atomic E-state index is 10.0. The Bertz CT molecular complexity index is 2470. The molecule has 8 rings (SSSR count). The van der Waals surface area contributed by atoms with E-state index in [1.807, 2.05) is 28.8 Å².